The van der Waals surface area contributed by atoms with Crippen LogP contribution in [-0.2, 0) is 15.8 Å². The lowest BCUT2D eigenvalue weighted by Gasteiger charge is -2.44. The fourth-order valence-corrected chi connectivity index (χ4v) is 5.47. The highest BCUT2D eigenvalue weighted by Crippen LogP contribution is 2.48. The largest absolute Gasteiger partial charge is 0.496 e. The fraction of sp³-hybridized carbons (Fsp3) is 0.407. The van der Waals surface area contributed by atoms with E-state index in [4.69, 9.17) is 16.3 Å². The molecule has 2 aliphatic rings. The summed E-state index contributed by atoms with van der Waals surface area (Å²) in [6.07, 6.45) is -2.76. The number of methoxy groups -OCH3 is 1. The number of Topliss-reactive ketones (excluding diaryl/α,β-unsaturated/α-hetero) is 2. The minimum atomic E-state index is -4.54. The summed E-state index contributed by atoms with van der Waals surface area (Å²) in [7, 11) is 1.44. The van der Waals surface area contributed by atoms with Gasteiger partial charge in [0.05, 0.1) is 12.7 Å². The van der Waals surface area contributed by atoms with E-state index in [0.717, 1.165) is 12.1 Å². The number of benzene rings is 1. The standard InChI is InChI=1S/C27H24ClF3N2O4/c1-3-4-16-11-18(28)23(22(12-16)37-2)24-20(34)13-26(14-21(24)35)7-9-33(10-8-26)25(36)19-6-5-17(15-32-19)27(29,30)31/h5-6,11-12,15,24H,7-10,13-14H2,1-2H3. The lowest BCUT2D eigenvalue weighted by molar-refractivity contribution is -0.139. The van der Waals surface area contributed by atoms with E-state index in [1.165, 1.54) is 12.0 Å². The van der Waals surface area contributed by atoms with Crippen LogP contribution in [-0.4, -0.2) is 47.6 Å². The van der Waals surface area contributed by atoms with Crippen molar-refractivity contribution in [3.8, 4) is 17.6 Å². The average Bonchev–Trinajstić information content (AvgIpc) is 2.84. The summed E-state index contributed by atoms with van der Waals surface area (Å²) in [5.41, 5.74) is -0.642. The van der Waals surface area contributed by atoms with E-state index in [1.807, 2.05) is 0 Å². The minimum absolute atomic E-state index is 0.0854. The summed E-state index contributed by atoms with van der Waals surface area (Å²) in [5, 5.41) is 0.240. The van der Waals surface area contributed by atoms with Crippen molar-refractivity contribution in [1.29, 1.82) is 0 Å². The van der Waals surface area contributed by atoms with Crippen LogP contribution in [0, 0.1) is 17.3 Å². The monoisotopic (exact) mass is 532 g/mol. The van der Waals surface area contributed by atoms with E-state index >= 15 is 0 Å². The van der Waals surface area contributed by atoms with Crippen LogP contribution in [0.4, 0.5) is 13.2 Å². The molecule has 6 nitrogen and oxygen atoms in total. The van der Waals surface area contributed by atoms with Gasteiger partial charge in [0.2, 0.25) is 0 Å². The normalized spacial score (nSPS) is 17.9. The fourth-order valence-electron chi connectivity index (χ4n) is 5.15. The maximum atomic E-state index is 13.3. The zero-order valence-electron chi connectivity index (χ0n) is 20.2. The van der Waals surface area contributed by atoms with E-state index in [1.54, 1.807) is 19.1 Å². The molecular weight excluding hydrogens is 509 g/mol. The Balaban J connectivity index is 1.47. The smallest absolute Gasteiger partial charge is 0.417 e. The zero-order chi connectivity index (χ0) is 27.0. The lowest BCUT2D eigenvalue weighted by Crippen LogP contribution is -2.48. The molecule has 1 aromatic heterocycles. The van der Waals surface area contributed by atoms with Gasteiger partial charge in [-0.05, 0) is 49.4 Å². The van der Waals surface area contributed by atoms with Crippen molar-refractivity contribution >= 4 is 29.1 Å². The van der Waals surface area contributed by atoms with Gasteiger partial charge in [-0.25, -0.2) is 0 Å². The molecule has 4 rings (SSSR count). The van der Waals surface area contributed by atoms with E-state index in [0.29, 0.717) is 35.9 Å². The topological polar surface area (TPSA) is 76.6 Å². The molecule has 1 saturated heterocycles. The van der Waals surface area contributed by atoms with Crippen molar-refractivity contribution in [1.82, 2.24) is 9.88 Å². The summed E-state index contributed by atoms with van der Waals surface area (Å²) in [6.45, 7) is 2.21. The first-order valence-corrected chi connectivity index (χ1v) is 12.0. The van der Waals surface area contributed by atoms with Crippen LogP contribution in [0.15, 0.2) is 30.5 Å². The molecule has 2 aromatic rings. The van der Waals surface area contributed by atoms with Gasteiger partial charge >= 0.3 is 6.18 Å². The number of halogens is 4. The summed E-state index contributed by atoms with van der Waals surface area (Å²) in [4.78, 5) is 44.6. The highest BCUT2D eigenvalue weighted by Gasteiger charge is 2.48. The first kappa shape index (κ1) is 26.7. The predicted molar refractivity (Wildman–Crippen MR) is 129 cm³/mol. The number of amides is 1. The number of hydrogen-bond donors (Lipinski definition) is 0. The molecule has 1 aliphatic heterocycles. The van der Waals surface area contributed by atoms with Gasteiger partial charge in [0.15, 0.2) is 0 Å². The molecule has 10 heteroatoms. The van der Waals surface area contributed by atoms with Crippen molar-refractivity contribution in [2.24, 2.45) is 5.41 Å². The van der Waals surface area contributed by atoms with Gasteiger partial charge < -0.3 is 9.64 Å². The number of ketones is 2. The maximum Gasteiger partial charge on any atom is 0.417 e. The highest BCUT2D eigenvalue weighted by molar-refractivity contribution is 6.32. The van der Waals surface area contributed by atoms with Crippen LogP contribution in [0.2, 0.25) is 5.02 Å². The Labute approximate surface area is 217 Å². The van der Waals surface area contributed by atoms with Gasteiger partial charge in [0.1, 0.15) is 28.9 Å². The van der Waals surface area contributed by atoms with Crippen molar-refractivity contribution in [3.63, 3.8) is 0 Å². The summed E-state index contributed by atoms with van der Waals surface area (Å²) in [6, 6.07) is 5.15. The number of alkyl halides is 3. The molecular formula is C27H24ClF3N2O4. The second-order valence-corrected chi connectivity index (χ2v) is 9.80. The number of ether oxygens (including phenoxy) is 1. The van der Waals surface area contributed by atoms with Crippen LogP contribution in [0.3, 0.4) is 0 Å². The second-order valence-electron chi connectivity index (χ2n) is 9.39. The van der Waals surface area contributed by atoms with Crippen LogP contribution in [0.25, 0.3) is 0 Å². The van der Waals surface area contributed by atoms with Gasteiger partial charge in [0, 0.05) is 48.3 Å². The summed E-state index contributed by atoms with van der Waals surface area (Å²) in [5.74, 6) is 3.96. The van der Waals surface area contributed by atoms with Crippen molar-refractivity contribution in [2.45, 2.75) is 44.7 Å². The molecule has 1 aliphatic carbocycles. The van der Waals surface area contributed by atoms with Crippen LogP contribution >= 0.6 is 11.6 Å². The summed E-state index contributed by atoms with van der Waals surface area (Å²) >= 11 is 6.47. The summed E-state index contributed by atoms with van der Waals surface area (Å²) < 4.78 is 43.8. The Morgan fingerprint density at radius 1 is 1.16 bits per heavy atom. The SMILES string of the molecule is CC#Cc1cc(Cl)c(C2C(=O)CC3(CCN(C(=O)c4ccc(C(F)(F)F)cn4)CC3)CC2=O)c(OC)c1. The Kier molecular flexibility index (Phi) is 7.33. The second kappa shape index (κ2) is 10.2. The van der Waals surface area contributed by atoms with Gasteiger partial charge in [-0.2, -0.15) is 13.2 Å². The van der Waals surface area contributed by atoms with Gasteiger partial charge in [-0.15, -0.1) is 5.92 Å². The Morgan fingerprint density at radius 2 is 1.81 bits per heavy atom. The lowest BCUT2D eigenvalue weighted by atomic mass is 9.63. The molecule has 1 amide bonds. The number of hydrogen-bond acceptors (Lipinski definition) is 5. The van der Waals surface area contributed by atoms with E-state index in [-0.39, 0.29) is 48.2 Å². The average molecular weight is 533 g/mol. The molecule has 1 aromatic carbocycles. The Morgan fingerprint density at radius 3 is 2.32 bits per heavy atom. The van der Waals surface area contributed by atoms with E-state index in [2.05, 4.69) is 16.8 Å². The zero-order valence-corrected chi connectivity index (χ0v) is 21.0. The Bertz CT molecular complexity index is 1280. The molecule has 2 heterocycles. The highest BCUT2D eigenvalue weighted by atomic mass is 35.5. The van der Waals surface area contributed by atoms with Crippen molar-refractivity contribution in [3.05, 3.63) is 57.9 Å². The first-order valence-electron chi connectivity index (χ1n) is 11.7. The third-order valence-electron chi connectivity index (χ3n) is 7.03. The minimum Gasteiger partial charge on any atom is -0.496 e. The predicted octanol–water partition coefficient (Wildman–Crippen LogP) is 5.07. The molecule has 0 bridgehead atoms. The quantitative estimate of drug-likeness (QED) is 0.407. The number of rotatable bonds is 3. The van der Waals surface area contributed by atoms with Gasteiger partial charge in [0.25, 0.3) is 5.91 Å². The number of carbonyl (C=O) groups excluding carboxylic acids is 3. The molecule has 1 spiro atoms. The molecule has 0 unspecified atom stereocenters. The number of pyridine rings is 1. The number of carbonyl (C=O) groups is 3. The number of likely N-dealkylation sites (tertiary alicyclic amines) is 1. The van der Waals surface area contributed by atoms with Crippen molar-refractivity contribution in [2.75, 3.05) is 20.2 Å². The molecule has 0 atom stereocenters. The molecule has 1 saturated carbocycles. The first-order chi connectivity index (χ1) is 17.5. The third-order valence-corrected chi connectivity index (χ3v) is 7.35. The number of aromatic nitrogens is 1. The molecule has 0 radical (unpaired) electrons. The van der Waals surface area contributed by atoms with E-state index < -0.39 is 29.0 Å². The van der Waals surface area contributed by atoms with Crippen LogP contribution in [0.5, 0.6) is 5.75 Å². The van der Waals surface area contributed by atoms with Crippen LogP contribution in [0.1, 0.15) is 65.7 Å². The van der Waals surface area contributed by atoms with Crippen LogP contribution < -0.4 is 4.74 Å². The third kappa shape index (κ3) is 5.35. The number of nitrogens with zero attached hydrogens (tertiary/aromatic N) is 2. The molecule has 2 fully saturated rings. The molecule has 0 N–H and O–H groups in total. The Hall–Kier alpha value is -3.38. The van der Waals surface area contributed by atoms with Gasteiger partial charge in [-0.1, -0.05) is 17.5 Å². The van der Waals surface area contributed by atoms with Crippen molar-refractivity contribution < 1.29 is 32.3 Å². The number of piperidine rings is 1. The van der Waals surface area contributed by atoms with E-state index in [9.17, 15) is 27.6 Å². The molecule has 37 heavy (non-hydrogen) atoms. The maximum absolute atomic E-state index is 13.3. The molecule has 194 valence electrons. The van der Waals surface area contributed by atoms with Gasteiger partial charge in [-0.3, -0.25) is 19.4 Å².